The van der Waals surface area contributed by atoms with Crippen molar-refractivity contribution in [3.63, 3.8) is 0 Å². The Kier molecular flexibility index (Phi) is 8.37. The molecule has 3 rings (SSSR count). The second-order valence-electron chi connectivity index (χ2n) is 10.8. The minimum absolute atomic E-state index is 0.319. The molecule has 0 radical (unpaired) electrons. The predicted octanol–water partition coefficient (Wildman–Crippen LogP) is 9.09. The lowest BCUT2D eigenvalue weighted by Gasteiger charge is -2.31. The average Bonchev–Trinajstić information content (AvgIpc) is 2.72. The summed E-state index contributed by atoms with van der Waals surface area (Å²) in [4.78, 5) is 0. The van der Waals surface area contributed by atoms with Gasteiger partial charge in [0, 0.05) is 6.55 Å². The highest BCUT2D eigenvalue weighted by atomic mass is 28.4. The minimum atomic E-state index is -3.27. The molecular weight excluding hydrogens is 448 g/mol. The monoisotopic (exact) mass is 490 g/mol. The highest BCUT2D eigenvalue weighted by molar-refractivity contribution is 6.61. The first-order valence-corrected chi connectivity index (χ1v) is 15.0. The van der Waals surface area contributed by atoms with E-state index in [2.05, 4.69) is 117 Å². The van der Waals surface area contributed by atoms with E-state index in [1.165, 1.54) is 0 Å². The highest BCUT2D eigenvalue weighted by Crippen LogP contribution is 2.36. The zero-order valence-corrected chi connectivity index (χ0v) is 24.2. The van der Waals surface area contributed by atoms with Gasteiger partial charge in [0.2, 0.25) is 0 Å². The second-order valence-corrected chi connectivity index (χ2v) is 13.1. The van der Waals surface area contributed by atoms with Crippen LogP contribution in [0.25, 0.3) is 0 Å². The van der Waals surface area contributed by atoms with E-state index in [-0.39, 0.29) is 0 Å². The Balaban J connectivity index is 2.14. The Morgan fingerprint density at radius 2 is 0.743 bits per heavy atom. The predicted molar refractivity (Wildman–Crippen MR) is 149 cm³/mol. The van der Waals surface area contributed by atoms with Gasteiger partial charge < -0.3 is 13.3 Å². The molecule has 188 valence electrons. The van der Waals surface area contributed by atoms with E-state index in [0.29, 0.717) is 17.8 Å². The van der Waals surface area contributed by atoms with E-state index >= 15 is 0 Å². The van der Waals surface area contributed by atoms with Gasteiger partial charge in [0.05, 0.1) is 0 Å². The van der Waals surface area contributed by atoms with Crippen molar-refractivity contribution in [2.45, 2.75) is 86.6 Å². The summed E-state index contributed by atoms with van der Waals surface area (Å²) in [6.45, 7) is 21.4. The van der Waals surface area contributed by atoms with Crippen LogP contribution < -0.4 is 13.3 Å². The summed E-state index contributed by atoms with van der Waals surface area (Å²) in [5.41, 5.74) is 6.92. The molecule has 35 heavy (non-hydrogen) atoms. The normalized spacial score (nSPS) is 11.9. The van der Waals surface area contributed by atoms with Gasteiger partial charge in [0.1, 0.15) is 17.2 Å². The van der Waals surface area contributed by atoms with Crippen molar-refractivity contribution in [2.24, 2.45) is 0 Å². The van der Waals surface area contributed by atoms with Gasteiger partial charge in [-0.3, -0.25) is 0 Å². The van der Waals surface area contributed by atoms with Gasteiger partial charge in [0.15, 0.2) is 0 Å². The molecular formula is C31H42O3Si. The third-order valence-corrected chi connectivity index (χ3v) is 8.03. The number of rotatable bonds is 9. The molecule has 3 nitrogen and oxygen atoms in total. The van der Waals surface area contributed by atoms with Crippen molar-refractivity contribution in [1.82, 2.24) is 0 Å². The summed E-state index contributed by atoms with van der Waals surface area (Å²) in [5, 5.41) is 0. The topological polar surface area (TPSA) is 27.7 Å². The lowest BCUT2D eigenvalue weighted by Crippen LogP contribution is -2.52. The molecule has 0 heterocycles. The van der Waals surface area contributed by atoms with Crippen molar-refractivity contribution >= 4 is 8.80 Å². The molecule has 0 fully saturated rings. The third-order valence-electron chi connectivity index (χ3n) is 6.26. The fourth-order valence-corrected chi connectivity index (χ4v) is 6.14. The van der Waals surface area contributed by atoms with E-state index < -0.39 is 8.80 Å². The summed E-state index contributed by atoms with van der Waals surface area (Å²) < 4.78 is 20.5. The third kappa shape index (κ3) is 6.70. The second kappa shape index (κ2) is 10.9. The van der Waals surface area contributed by atoms with Gasteiger partial charge >= 0.3 is 8.80 Å². The van der Waals surface area contributed by atoms with Crippen molar-refractivity contribution in [3.05, 3.63) is 88.0 Å². The molecule has 3 aromatic carbocycles. The maximum absolute atomic E-state index is 6.83. The molecule has 3 aromatic rings. The highest BCUT2D eigenvalue weighted by Gasteiger charge is 2.45. The first-order valence-electron chi connectivity index (χ1n) is 12.8. The molecule has 0 aromatic heterocycles. The van der Waals surface area contributed by atoms with Crippen LogP contribution in [0.15, 0.2) is 54.6 Å². The molecule has 4 heteroatoms. The van der Waals surface area contributed by atoms with Gasteiger partial charge in [-0.25, -0.2) is 0 Å². The van der Waals surface area contributed by atoms with Gasteiger partial charge in [-0.1, -0.05) is 77.9 Å². The zero-order valence-electron chi connectivity index (χ0n) is 23.2. The molecule has 0 aliphatic rings. The number of aryl methyl sites for hydroxylation is 3. The van der Waals surface area contributed by atoms with Crippen molar-refractivity contribution in [1.29, 1.82) is 0 Å². The van der Waals surface area contributed by atoms with Crippen LogP contribution in [0.5, 0.6) is 17.2 Å². The number of benzene rings is 3. The molecule has 0 aliphatic heterocycles. The largest absolute Gasteiger partial charge is 0.696 e. The van der Waals surface area contributed by atoms with Gasteiger partial charge in [-0.2, -0.15) is 0 Å². The number of hydrogen-bond acceptors (Lipinski definition) is 3. The lowest BCUT2D eigenvalue weighted by molar-refractivity contribution is 0.266. The average molecular weight is 491 g/mol. The Bertz CT molecular complexity index is 1020. The molecule has 0 aliphatic carbocycles. The molecule has 0 saturated carbocycles. The lowest BCUT2D eigenvalue weighted by atomic mass is 10.0. The standard InChI is InChI=1S/C31H42O3Si/c1-20(2)26-14-11-23(7)17-29(26)32-35(10,33-30-18-24(8)12-15-27(30)21(3)4)34-31-19-25(9)13-16-28(31)22(5)6/h11-22H,1-10H3. The smallest absolute Gasteiger partial charge is 0.483 e. The van der Waals surface area contributed by atoms with Crippen LogP contribution >= 0.6 is 0 Å². The zero-order chi connectivity index (χ0) is 25.9. The van der Waals surface area contributed by atoms with E-state index in [1.54, 1.807) is 0 Å². The summed E-state index contributed by atoms with van der Waals surface area (Å²) in [7, 11) is -3.27. The van der Waals surface area contributed by atoms with Crippen molar-refractivity contribution in [2.75, 3.05) is 0 Å². The number of hydrogen-bond donors (Lipinski definition) is 0. The van der Waals surface area contributed by atoms with E-state index in [1.807, 2.05) is 6.55 Å². The van der Waals surface area contributed by atoms with E-state index in [0.717, 1.165) is 50.6 Å². The first kappa shape index (κ1) is 26.9. The van der Waals surface area contributed by atoms with Crippen LogP contribution in [-0.4, -0.2) is 8.80 Å². The fourth-order valence-electron chi connectivity index (χ4n) is 4.28. The van der Waals surface area contributed by atoms with Crippen LogP contribution in [0.4, 0.5) is 0 Å². The fraction of sp³-hybridized carbons (Fsp3) is 0.419. The Morgan fingerprint density at radius 3 is 0.971 bits per heavy atom. The molecule has 0 amide bonds. The Morgan fingerprint density at radius 1 is 0.486 bits per heavy atom. The maximum atomic E-state index is 6.83. The van der Waals surface area contributed by atoms with Crippen molar-refractivity contribution < 1.29 is 13.3 Å². The molecule has 0 saturated heterocycles. The summed E-state index contributed by atoms with van der Waals surface area (Å²) in [5.74, 6) is 3.47. The van der Waals surface area contributed by atoms with Crippen LogP contribution in [-0.2, 0) is 0 Å². The molecule has 0 N–H and O–H groups in total. The SMILES string of the molecule is Cc1ccc(C(C)C)c(O[Si](C)(Oc2cc(C)ccc2C(C)C)Oc2cc(C)ccc2C(C)C)c1. The van der Waals surface area contributed by atoms with Gasteiger partial charge in [-0.15, -0.1) is 0 Å². The Hall–Kier alpha value is -2.72. The molecule has 0 bridgehead atoms. The summed E-state index contributed by atoms with van der Waals surface area (Å²) in [6.07, 6.45) is 0. The van der Waals surface area contributed by atoms with E-state index in [4.69, 9.17) is 13.3 Å². The molecule has 0 atom stereocenters. The molecule has 0 spiro atoms. The minimum Gasteiger partial charge on any atom is -0.483 e. The summed E-state index contributed by atoms with van der Waals surface area (Å²) in [6, 6.07) is 19.2. The maximum Gasteiger partial charge on any atom is 0.696 e. The van der Waals surface area contributed by atoms with Crippen LogP contribution in [0.1, 0.15) is 92.7 Å². The van der Waals surface area contributed by atoms with Crippen LogP contribution in [0, 0.1) is 20.8 Å². The quantitative estimate of drug-likeness (QED) is 0.280. The summed E-state index contributed by atoms with van der Waals surface area (Å²) >= 11 is 0. The van der Waals surface area contributed by atoms with Crippen LogP contribution in [0.3, 0.4) is 0 Å². The van der Waals surface area contributed by atoms with Gasteiger partial charge in [-0.05, 0) is 90.1 Å². The van der Waals surface area contributed by atoms with Crippen LogP contribution in [0.2, 0.25) is 6.55 Å². The van der Waals surface area contributed by atoms with Crippen molar-refractivity contribution in [3.8, 4) is 17.2 Å². The first-order chi connectivity index (χ1) is 16.4. The van der Waals surface area contributed by atoms with Gasteiger partial charge in [0.25, 0.3) is 0 Å². The Labute approximate surface area is 213 Å². The molecule has 0 unspecified atom stereocenters. The van der Waals surface area contributed by atoms with E-state index in [9.17, 15) is 0 Å².